The van der Waals surface area contributed by atoms with Gasteiger partial charge in [0.05, 0.1) is 18.2 Å². The summed E-state index contributed by atoms with van der Waals surface area (Å²) < 4.78 is 5.24. The number of benzene rings is 1. The van der Waals surface area contributed by atoms with Crippen molar-refractivity contribution < 1.29 is 9.53 Å². The van der Waals surface area contributed by atoms with Gasteiger partial charge in [-0.2, -0.15) is 0 Å². The molecule has 0 unspecified atom stereocenters. The number of methoxy groups -OCH3 is 1. The van der Waals surface area contributed by atoms with E-state index in [1.807, 2.05) is 24.0 Å². The van der Waals surface area contributed by atoms with Crippen molar-refractivity contribution in [2.24, 2.45) is 0 Å². The number of carbonyl (C=O) groups excluding carboxylic acids is 1. The highest BCUT2D eigenvalue weighted by atomic mass is 16.5. The molecule has 27 heavy (non-hydrogen) atoms. The van der Waals surface area contributed by atoms with E-state index < -0.39 is 0 Å². The molecule has 2 heterocycles. The van der Waals surface area contributed by atoms with Crippen LogP contribution in [-0.2, 0) is 0 Å². The van der Waals surface area contributed by atoms with E-state index in [0.29, 0.717) is 24.6 Å². The molecule has 1 aliphatic heterocycles. The molecular formula is C20H27N5O2. The van der Waals surface area contributed by atoms with Crippen molar-refractivity contribution in [2.75, 3.05) is 43.5 Å². The monoisotopic (exact) mass is 369 g/mol. The second-order valence-electron chi connectivity index (χ2n) is 7.21. The van der Waals surface area contributed by atoms with Crippen LogP contribution in [0.4, 0.5) is 11.6 Å². The summed E-state index contributed by atoms with van der Waals surface area (Å²) in [5, 5.41) is 3.04. The van der Waals surface area contributed by atoms with Gasteiger partial charge in [-0.25, -0.2) is 9.97 Å². The Kier molecular flexibility index (Phi) is 5.48. The summed E-state index contributed by atoms with van der Waals surface area (Å²) in [4.78, 5) is 25.5. The molecule has 1 amide bonds. The van der Waals surface area contributed by atoms with Crippen LogP contribution < -0.4 is 15.0 Å². The largest absolute Gasteiger partial charge is 0.497 e. The average Bonchev–Trinajstić information content (AvgIpc) is 2.68. The van der Waals surface area contributed by atoms with Crippen LogP contribution >= 0.6 is 0 Å². The van der Waals surface area contributed by atoms with E-state index in [4.69, 9.17) is 4.74 Å². The molecule has 0 bridgehead atoms. The van der Waals surface area contributed by atoms with E-state index in [9.17, 15) is 4.79 Å². The molecule has 144 valence electrons. The van der Waals surface area contributed by atoms with Crippen LogP contribution in [0.2, 0.25) is 0 Å². The zero-order valence-corrected chi connectivity index (χ0v) is 16.4. The number of piperazine rings is 1. The van der Waals surface area contributed by atoms with Crippen molar-refractivity contribution in [1.82, 2.24) is 14.9 Å². The highest BCUT2D eigenvalue weighted by molar-refractivity contribution is 5.94. The van der Waals surface area contributed by atoms with Gasteiger partial charge in [-0.15, -0.1) is 0 Å². The molecule has 1 aliphatic rings. The van der Waals surface area contributed by atoms with Gasteiger partial charge in [0.1, 0.15) is 5.75 Å². The molecule has 0 saturated carbocycles. The molecule has 0 spiro atoms. The van der Waals surface area contributed by atoms with Crippen molar-refractivity contribution in [3.63, 3.8) is 0 Å². The Morgan fingerprint density at radius 1 is 1.19 bits per heavy atom. The van der Waals surface area contributed by atoms with Crippen LogP contribution in [0.15, 0.2) is 36.7 Å². The van der Waals surface area contributed by atoms with Gasteiger partial charge in [0, 0.05) is 44.3 Å². The quantitative estimate of drug-likeness (QED) is 0.874. The minimum Gasteiger partial charge on any atom is -0.497 e. The van der Waals surface area contributed by atoms with Crippen molar-refractivity contribution in [3.8, 4) is 5.75 Å². The number of nitrogens with zero attached hydrogens (tertiary/aromatic N) is 4. The maximum absolute atomic E-state index is 12.9. The third-order valence-electron chi connectivity index (χ3n) is 4.81. The highest BCUT2D eigenvalue weighted by Crippen LogP contribution is 2.29. The maximum Gasteiger partial charge on any atom is 0.257 e. The van der Waals surface area contributed by atoms with E-state index in [2.05, 4.69) is 46.2 Å². The first kappa shape index (κ1) is 18.9. The standard InChI is InChI=1S/C20H27N5O2/c1-5-21-19-22-12-15(13-23-19)18(26)24-10-11-25(20(2,3)14-24)16-6-8-17(27-4)9-7-16/h6-9,12-13H,5,10-11,14H2,1-4H3,(H,21,22,23). The number of hydrogen-bond donors (Lipinski definition) is 1. The Bertz CT molecular complexity index is 774. The lowest BCUT2D eigenvalue weighted by Crippen LogP contribution is -2.60. The fraction of sp³-hybridized carbons (Fsp3) is 0.450. The maximum atomic E-state index is 12.9. The van der Waals surface area contributed by atoms with Crippen molar-refractivity contribution in [1.29, 1.82) is 0 Å². The van der Waals surface area contributed by atoms with E-state index in [0.717, 1.165) is 24.5 Å². The van der Waals surface area contributed by atoms with Crippen molar-refractivity contribution in [3.05, 3.63) is 42.2 Å². The normalized spacial score (nSPS) is 16.1. The van der Waals surface area contributed by atoms with Gasteiger partial charge in [0.15, 0.2) is 0 Å². The SMILES string of the molecule is CCNc1ncc(C(=O)N2CCN(c3ccc(OC)cc3)C(C)(C)C2)cn1. The molecular weight excluding hydrogens is 342 g/mol. The molecule has 3 rings (SSSR count). The summed E-state index contributed by atoms with van der Waals surface area (Å²) in [6.45, 7) is 9.09. The van der Waals surface area contributed by atoms with Crippen molar-refractivity contribution in [2.45, 2.75) is 26.3 Å². The van der Waals surface area contributed by atoms with Crippen LogP contribution in [-0.4, -0.2) is 59.6 Å². The third kappa shape index (κ3) is 4.13. The average molecular weight is 369 g/mol. The fourth-order valence-electron chi connectivity index (χ4n) is 3.44. The molecule has 0 aliphatic carbocycles. The number of ether oxygens (including phenoxy) is 1. The Labute approximate surface area is 160 Å². The molecule has 1 aromatic heterocycles. The molecule has 0 atom stereocenters. The zero-order valence-electron chi connectivity index (χ0n) is 16.4. The van der Waals surface area contributed by atoms with Gasteiger partial charge in [-0.1, -0.05) is 0 Å². The predicted octanol–water partition coefficient (Wildman–Crippen LogP) is 2.66. The molecule has 1 fully saturated rings. The second-order valence-corrected chi connectivity index (χ2v) is 7.21. The first-order valence-corrected chi connectivity index (χ1v) is 9.21. The van der Waals surface area contributed by atoms with Gasteiger partial charge in [-0.05, 0) is 45.0 Å². The topological polar surface area (TPSA) is 70.6 Å². The summed E-state index contributed by atoms with van der Waals surface area (Å²) in [6, 6.07) is 8.05. The number of anilines is 2. The highest BCUT2D eigenvalue weighted by Gasteiger charge is 2.36. The number of aromatic nitrogens is 2. The minimum absolute atomic E-state index is 0.0273. The lowest BCUT2D eigenvalue weighted by Gasteiger charge is -2.48. The molecule has 7 nitrogen and oxygen atoms in total. The van der Waals surface area contributed by atoms with Crippen LogP contribution in [0.25, 0.3) is 0 Å². The minimum atomic E-state index is -0.187. The second kappa shape index (κ2) is 7.82. The molecule has 1 N–H and O–H groups in total. The van der Waals surface area contributed by atoms with Gasteiger partial charge < -0.3 is 19.9 Å². The van der Waals surface area contributed by atoms with Crippen LogP contribution in [0.3, 0.4) is 0 Å². The third-order valence-corrected chi connectivity index (χ3v) is 4.81. The Morgan fingerprint density at radius 2 is 1.85 bits per heavy atom. The summed E-state index contributed by atoms with van der Waals surface area (Å²) >= 11 is 0. The van der Waals surface area contributed by atoms with E-state index in [1.165, 1.54) is 0 Å². The van der Waals surface area contributed by atoms with E-state index in [-0.39, 0.29) is 11.4 Å². The lowest BCUT2D eigenvalue weighted by atomic mass is 9.97. The van der Waals surface area contributed by atoms with Crippen LogP contribution in [0.1, 0.15) is 31.1 Å². The Morgan fingerprint density at radius 3 is 2.41 bits per heavy atom. The smallest absolute Gasteiger partial charge is 0.257 e. The Balaban J connectivity index is 1.71. The van der Waals surface area contributed by atoms with Crippen LogP contribution in [0, 0.1) is 0 Å². The van der Waals surface area contributed by atoms with Crippen molar-refractivity contribution >= 4 is 17.5 Å². The predicted molar refractivity (Wildman–Crippen MR) is 107 cm³/mol. The molecule has 2 aromatic rings. The number of carbonyl (C=O) groups is 1. The number of hydrogen-bond acceptors (Lipinski definition) is 6. The van der Waals surface area contributed by atoms with Gasteiger partial charge in [-0.3, -0.25) is 4.79 Å². The molecule has 7 heteroatoms. The van der Waals surface area contributed by atoms with E-state index >= 15 is 0 Å². The summed E-state index contributed by atoms with van der Waals surface area (Å²) in [5.74, 6) is 1.35. The lowest BCUT2D eigenvalue weighted by molar-refractivity contribution is 0.0685. The Hall–Kier alpha value is -2.83. The van der Waals surface area contributed by atoms with Gasteiger partial charge >= 0.3 is 0 Å². The molecule has 1 saturated heterocycles. The first-order chi connectivity index (χ1) is 12.9. The summed E-state index contributed by atoms with van der Waals surface area (Å²) in [6.07, 6.45) is 3.19. The number of nitrogens with one attached hydrogen (secondary N) is 1. The summed E-state index contributed by atoms with van der Waals surface area (Å²) in [7, 11) is 1.66. The molecule has 0 radical (unpaired) electrons. The molecule has 1 aromatic carbocycles. The number of amides is 1. The fourth-order valence-corrected chi connectivity index (χ4v) is 3.44. The number of rotatable bonds is 5. The van der Waals surface area contributed by atoms with Gasteiger partial charge in [0.2, 0.25) is 5.95 Å². The zero-order chi connectivity index (χ0) is 19.4. The summed E-state index contributed by atoms with van der Waals surface area (Å²) in [5.41, 5.74) is 1.46. The van der Waals surface area contributed by atoms with Gasteiger partial charge in [0.25, 0.3) is 5.91 Å². The van der Waals surface area contributed by atoms with E-state index in [1.54, 1.807) is 19.5 Å². The van der Waals surface area contributed by atoms with Crippen LogP contribution in [0.5, 0.6) is 5.75 Å². The first-order valence-electron chi connectivity index (χ1n) is 9.21.